The quantitative estimate of drug-likeness (QED) is 0.439. The third-order valence-electron chi connectivity index (χ3n) is 5.11. The Morgan fingerprint density at radius 1 is 0.914 bits per heavy atom. The molecule has 3 aromatic rings. The van der Waals surface area contributed by atoms with E-state index >= 15 is 0 Å². The van der Waals surface area contributed by atoms with E-state index in [4.69, 9.17) is 0 Å². The monoisotopic (exact) mass is 494 g/mol. The van der Waals surface area contributed by atoms with Gasteiger partial charge in [0.2, 0.25) is 10.0 Å². The first-order valence-corrected chi connectivity index (χ1v) is 12.7. The highest BCUT2D eigenvalue weighted by Gasteiger charge is 2.25. The van der Waals surface area contributed by atoms with Crippen LogP contribution >= 0.6 is 0 Å². The molecule has 0 heterocycles. The van der Waals surface area contributed by atoms with Crippen LogP contribution in [0.2, 0.25) is 0 Å². The number of methoxy groups -OCH3 is 1. The topological polar surface area (TPSA) is 102 Å². The Kier molecular flexibility index (Phi) is 8.09. The number of hydrogen-bond donors (Lipinski definition) is 2. The largest absolute Gasteiger partial charge is 0.469 e. The summed E-state index contributed by atoms with van der Waals surface area (Å²) < 4.78 is 33.4. The summed E-state index contributed by atoms with van der Waals surface area (Å²) in [7, 11) is -2.42. The van der Waals surface area contributed by atoms with Gasteiger partial charge in [0.25, 0.3) is 5.91 Å². The Morgan fingerprint density at radius 2 is 1.60 bits per heavy atom. The number of carbonyl (C=O) groups is 2. The van der Waals surface area contributed by atoms with E-state index in [0.29, 0.717) is 28.8 Å². The molecule has 0 spiro atoms. The van der Waals surface area contributed by atoms with E-state index in [-0.39, 0.29) is 23.2 Å². The van der Waals surface area contributed by atoms with E-state index in [2.05, 4.69) is 14.8 Å². The summed E-state index contributed by atoms with van der Waals surface area (Å²) in [5.41, 5.74) is 2.45. The van der Waals surface area contributed by atoms with Crippen molar-refractivity contribution in [2.45, 2.75) is 44.0 Å². The van der Waals surface area contributed by atoms with Crippen LogP contribution in [-0.2, 0) is 26.0 Å². The zero-order chi connectivity index (χ0) is 25.6. The smallest absolute Gasteiger partial charge is 0.305 e. The second-order valence-electron chi connectivity index (χ2n) is 9.16. The van der Waals surface area contributed by atoms with E-state index in [9.17, 15) is 18.0 Å². The van der Waals surface area contributed by atoms with Crippen LogP contribution in [0, 0.1) is 0 Å². The summed E-state index contributed by atoms with van der Waals surface area (Å²) in [6, 6.07) is 20.8. The molecule has 8 heteroatoms. The lowest BCUT2D eigenvalue weighted by Crippen LogP contribution is -2.40. The molecular weight excluding hydrogens is 464 g/mol. The number of benzene rings is 3. The normalized spacial score (nSPS) is 11.7. The molecule has 3 rings (SSSR count). The molecule has 0 aliphatic carbocycles. The fourth-order valence-electron chi connectivity index (χ4n) is 3.53. The Balaban J connectivity index is 1.80. The van der Waals surface area contributed by atoms with Crippen LogP contribution in [0.3, 0.4) is 0 Å². The minimum atomic E-state index is -3.77. The number of sulfonamides is 1. The molecule has 0 saturated carbocycles. The average Bonchev–Trinajstić information content (AvgIpc) is 2.82. The molecular formula is C27H30N2O5S. The lowest BCUT2D eigenvalue weighted by Gasteiger charge is -2.21. The Labute approximate surface area is 206 Å². The van der Waals surface area contributed by atoms with E-state index < -0.39 is 15.6 Å². The number of amides is 1. The molecule has 0 saturated heterocycles. The maximum absolute atomic E-state index is 13.0. The van der Waals surface area contributed by atoms with Gasteiger partial charge in [0, 0.05) is 28.8 Å². The molecule has 3 aromatic carbocycles. The molecule has 0 aliphatic rings. The number of anilines is 1. The number of carbonyl (C=O) groups excluding carboxylic acids is 2. The molecule has 0 atom stereocenters. The predicted molar refractivity (Wildman–Crippen MR) is 137 cm³/mol. The number of nitrogens with one attached hydrogen (secondary N) is 2. The van der Waals surface area contributed by atoms with Crippen molar-refractivity contribution >= 4 is 27.6 Å². The maximum Gasteiger partial charge on any atom is 0.305 e. The molecule has 0 fully saturated rings. The average molecular weight is 495 g/mol. The highest BCUT2D eigenvalue weighted by atomic mass is 32.2. The van der Waals surface area contributed by atoms with Crippen LogP contribution in [-0.4, -0.2) is 32.9 Å². The van der Waals surface area contributed by atoms with Gasteiger partial charge in [0.1, 0.15) is 0 Å². The Hall–Kier alpha value is -3.49. The van der Waals surface area contributed by atoms with Crippen LogP contribution in [0.25, 0.3) is 11.1 Å². The Bertz CT molecular complexity index is 1310. The van der Waals surface area contributed by atoms with Crippen molar-refractivity contribution in [1.82, 2.24) is 4.72 Å². The number of hydrogen-bond acceptors (Lipinski definition) is 5. The number of esters is 1. The predicted octanol–water partition coefficient (Wildman–Crippen LogP) is 4.79. The molecule has 184 valence electrons. The molecule has 0 aliphatic heterocycles. The lowest BCUT2D eigenvalue weighted by molar-refractivity contribution is -0.140. The van der Waals surface area contributed by atoms with Crippen LogP contribution in [0.4, 0.5) is 5.69 Å². The van der Waals surface area contributed by atoms with Gasteiger partial charge in [-0.2, -0.15) is 0 Å². The van der Waals surface area contributed by atoms with Gasteiger partial charge in [-0.05, 0) is 68.7 Å². The molecule has 2 N–H and O–H groups in total. The van der Waals surface area contributed by atoms with Crippen LogP contribution in [0.1, 0.15) is 43.1 Å². The standard InChI is InChI=1S/C27H30N2O5S/c1-27(2,3)29-35(32,33)24-11-6-5-10-23(24)20-8-7-9-21(18-20)26(31)28-22-15-12-19(13-16-22)14-17-25(30)34-4/h5-13,15-16,18,29H,14,17H2,1-4H3,(H,28,31). The Morgan fingerprint density at radius 3 is 2.26 bits per heavy atom. The summed E-state index contributed by atoms with van der Waals surface area (Å²) in [4.78, 5) is 24.4. The molecule has 0 radical (unpaired) electrons. The van der Waals surface area contributed by atoms with E-state index in [0.717, 1.165) is 5.56 Å². The molecule has 7 nitrogen and oxygen atoms in total. The summed E-state index contributed by atoms with van der Waals surface area (Å²) in [5.74, 6) is -0.590. The van der Waals surface area contributed by atoms with Gasteiger partial charge in [0.15, 0.2) is 0 Å². The van der Waals surface area contributed by atoms with Gasteiger partial charge in [-0.1, -0.05) is 42.5 Å². The fraction of sp³-hybridized carbons (Fsp3) is 0.259. The fourth-order valence-corrected chi connectivity index (χ4v) is 5.18. The first-order chi connectivity index (χ1) is 16.5. The molecule has 0 aromatic heterocycles. The maximum atomic E-state index is 13.0. The third-order valence-corrected chi connectivity index (χ3v) is 6.93. The van der Waals surface area contributed by atoms with Crippen molar-refractivity contribution in [3.8, 4) is 11.1 Å². The summed E-state index contributed by atoms with van der Waals surface area (Å²) in [5, 5.41) is 2.85. The second kappa shape index (κ2) is 10.8. The van der Waals surface area contributed by atoms with E-state index in [1.807, 2.05) is 12.1 Å². The van der Waals surface area contributed by atoms with Gasteiger partial charge >= 0.3 is 5.97 Å². The zero-order valence-electron chi connectivity index (χ0n) is 20.3. The third kappa shape index (κ3) is 7.24. The number of ether oxygens (including phenoxy) is 1. The van der Waals surface area contributed by atoms with Crippen molar-refractivity contribution < 1.29 is 22.7 Å². The summed E-state index contributed by atoms with van der Waals surface area (Å²) in [6.45, 7) is 5.34. The number of aryl methyl sites for hydroxylation is 1. The second-order valence-corrected chi connectivity index (χ2v) is 10.8. The van der Waals surface area contributed by atoms with E-state index in [1.165, 1.54) is 7.11 Å². The van der Waals surface area contributed by atoms with Crippen LogP contribution in [0.15, 0.2) is 77.7 Å². The van der Waals surface area contributed by atoms with Gasteiger partial charge in [-0.3, -0.25) is 9.59 Å². The van der Waals surface area contributed by atoms with Crippen molar-refractivity contribution in [3.05, 3.63) is 83.9 Å². The first-order valence-electron chi connectivity index (χ1n) is 11.2. The van der Waals surface area contributed by atoms with Crippen molar-refractivity contribution in [2.75, 3.05) is 12.4 Å². The minimum Gasteiger partial charge on any atom is -0.469 e. The molecule has 0 bridgehead atoms. The van der Waals surface area contributed by atoms with Gasteiger partial charge in [0.05, 0.1) is 12.0 Å². The van der Waals surface area contributed by atoms with E-state index in [1.54, 1.807) is 81.4 Å². The lowest BCUT2D eigenvalue weighted by atomic mass is 10.0. The SMILES string of the molecule is COC(=O)CCc1ccc(NC(=O)c2cccc(-c3ccccc3S(=O)(=O)NC(C)(C)C)c2)cc1. The summed E-state index contributed by atoms with van der Waals surface area (Å²) in [6.07, 6.45) is 0.840. The van der Waals surface area contributed by atoms with Crippen LogP contribution in [0.5, 0.6) is 0 Å². The highest BCUT2D eigenvalue weighted by Crippen LogP contribution is 2.29. The number of rotatable bonds is 8. The summed E-state index contributed by atoms with van der Waals surface area (Å²) >= 11 is 0. The highest BCUT2D eigenvalue weighted by molar-refractivity contribution is 7.89. The molecule has 1 amide bonds. The van der Waals surface area contributed by atoms with Gasteiger partial charge < -0.3 is 10.1 Å². The van der Waals surface area contributed by atoms with Crippen molar-refractivity contribution in [1.29, 1.82) is 0 Å². The molecule has 35 heavy (non-hydrogen) atoms. The van der Waals surface area contributed by atoms with Crippen LogP contribution < -0.4 is 10.0 Å². The van der Waals surface area contributed by atoms with Crippen molar-refractivity contribution in [3.63, 3.8) is 0 Å². The van der Waals surface area contributed by atoms with Crippen molar-refractivity contribution in [2.24, 2.45) is 0 Å². The zero-order valence-corrected chi connectivity index (χ0v) is 21.1. The van der Waals surface area contributed by atoms with Gasteiger partial charge in [-0.25, -0.2) is 13.1 Å². The first kappa shape index (κ1) is 26.1. The molecule has 0 unspecified atom stereocenters. The van der Waals surface area contributed by atoms with Gasteiger partial charge in [-0.15, -0.1) is 0 Å². The minimum absolute atomic E-state index is 0.148.